The highest BCUT2D eigenvalue weighted by atomic mass is 32.1. The van der Waals surface area contributed by atoms with E-state index in [1.165, 1.54) is 22.7 Å². The number of alkyl carbamates (subject to hydrolysis) is 2. The number of Topliss-reactive ketones (excluding diaryl/α,β-unsaturated/α-hetero) is 4. The molecule has 35 nitrogen and oxygen atoms in total. The van der Waals surface area contributed by atoms with Gasteiger partial charge in [0.1, 0.15) is 58.3 Å². The number of benzene rings is 2. The SMILES string of the molecule is CCCO[C@H](C[C@H](C(C)C)N(CCC)C(=O)[C@@H](CC(=O)[C@H]1CCCCN1C)[C@@H](C)CC)c1nc(C(=O)N[C@@H](Cc2ccc(O)cc2)C[C@H](C)C(=O)CNC(=O)OCCOCCN=[N+]=[N-])cs1.CCCO[C@H](C[C@H](C(C)C)N(CCC)C(=O)[C@@H](CC(=O)[C@H]1CCCCN1C)[C@@H](C)CC)c1nc(C(=O)N[C@@H](Cc2ccc(O)cc2)C[C@H](C)C(=O)CNC(=O)OCCOCCOCCN=[N+]=[N-])cs1. The van der Waals surface area contributed by atoms with Gasteiger partial charge in [0.25, 0.3) is 11.8 Å². The lowest BCUT2D eigenvalue weighted by Gasteiger charge is -2.40. The average Bonchev–Trinajstić information content (AvgIpc) is 1.71. The van der Waals surface area contributed by atoms with Crippen LogP contribution in [0.15, 0.2) is 69.5 Å². The predicted molar refractivity (Wildman–Crippen MR) is 521 cm³/mol. The number of piperidine rings is 2. The standard InChI is InChI=1S/C50H80N8O10S.C48H76N8O9S/c1-9-20-58(49(63)40(35(6)11-3)30-44(60)42-14-12-13-21-57(42)8)43(34(4)5)31-46(67-22-10-2)48-55-41(33-69-48)47(62)54-38(29-37-15-17-39(59)18-16-37)28-36(7)45(61)32-52-50(64)68-27-26-66-25-24-65-23-19-53-56-51;1-9-20-56(47(61)38(33(6)11-3)28-42(58)40-14-12-13-21-55(40)8)41(32(4)5)29-44(64-22-10-2)46-53-39(31-66-46)45(60)52-36(27-35-15-17-37(57)18-16-35)26-34(7)43(59)30-50-48(62)65-25-24-63-23-19-51-54-49/h15-18,33-36,38,40,42-43,46,59H,9-14,19-32H2,1-8H3,(H,52,64)(H,54,62);15-18,31-34,36,38,40-41,44,57H,9-14,19-30H2,1-8H3,(H,50,62)(H,52,60)/t35-,36-,38+,40-,42+,43+,46+;33-,34-,36+,38-,40+,41+,44+/m00/s1. The van der Waals surface area contributed by atoms with Crippen LogP contribution in [0.2, 0.25) is 0 Å². The molecule has 4 aromatic rings. The number of phenols is 2. The zero-order valence-corrected chi connectivity index (χ0v) is 84.5. The monoisotopic (exact) mass is 1930 g/mol. The van der Waals surface area contributed by atoms with Crippen LogP contribution in [-0.2, 0) is 74.8 Å². The van der Waals surface area contributed by atoms with Gasteiger partial charge in [0.15, 0.2) is 23.1 Å². The van der Waals surface area contributed by atoms with Crippen LogP contribution in [0, 0.1) is 47.3 Å². The third-order valence-corrected chi connectivity index (χ3v) is 26.9. The summed E-state index contributed by atoms with van der Waals surface area (Å²) in [4.78, 5) is 160. The fraction of sp³-hybridized carbons (Fsp3) is 0.714. The molecule has 0 spiro atoms. The zero-order chi connectivity index (χ0) is 99.3. The van der Waals surface area contributed by atoms with Crippen molar-refractivity contribution in [3.8, 4) is 11.5 Å². The van der Waals surface area contributed by atoms with Crippen LogP contribution < -0.4 is 21.3 Å². The number of carbonyl (C=O) groups excluding carboxylic acids is 10. The third-order valence-electron chi connectivity index (χ3n) is 25.1. The Morgan fingerprint density at radius 1 is 0.496 bits per heavy atom. The summed E-state index contributed by atoms with van der Waals surface area (Å²) in [6, 6.07) is 11.5. The molecular formula is C98H156N16O19S2. The maximum absolute atomic E-state index is 14.8. The normalized spacial score (nSPS) is 16.7. The average molecular weight is 1930 g/mol. The van der Waals surface area contributed by atoms with Crippen LogP contribution >= 0.6 is 22.7 Å². The maximum atomic E-state index is 14.8. The summed E-state index contributed by atoms with van der Waals surface area (Å²) >= 11 is 2.65. The Hall–Kier alpha value is -9.26. The van der Waals surface area contributed by atoms with Crippen molar-refractivity contribution in [3.05, 3.63) is 113 Å². The van der Waals surface area contributed by atoms with Crippen LogP contribution in [0.5, 0.6) is 11.5 Å². The van der Waals surface area contributed by atoms with Crippen molar-refractivity contribution in [3.63, 3.8) is 0 Å². The second-order valence-electron chi connectivity index (χ2n) is 36.3. The summed E-state index contributed by atoms with van der Waals surface area (Å²) in [5.41, 5.74) is 18.7. The number of hydrogen-bond acceptors (Lipinski definition) is 27. The van der Waals surface area contributed by atoms with Gasteiger partial charge in [-0.25, -0.2) is 19.6 Å². The van der Waals surface area contributed by atoms with E-state index in [-0.39, 0.29) is 210 Å². The fourth-order valence-electron chi connectivity index (χ4n) is 16.9. The van der Waals surface area contributed by atoms with E-state index in [1.807, 2.05) is 37.7 Å². The number of aromatic nitrogens is 2. The number of likely N-dealkylation sites (tertiary alicyclic amines) is 2. The van der Waals surface area contributed by atoms with Gasteiger partial charge in [-0.3, -0.25) is 48.2 Å². The van der Waals surface area contributed by atoms with E-state index in [9.17, 15) is 58.2 Å². The molecule has 754 valence electrons. The largest absolute Gasteiger partial charge is 0.508 e. The van der Waals surface area contributed by atoms with E-state index < -0.39 is 72.0 Å². The maximum Gasteiger partial charge on any atom is 0.407 e. The molecule has 6 amide bonds. The number of nitrogens with zero attached hydrogens (tertiary/aromatic N) is 12. The van der Waals surface area contributed by atoms with E-state index in [2.05, 4.69) is 120 Å². The molecule has 6 rings (SSSR count). The Kier molecular flexibility index (Phi) is 55.8. The molecular weight excluding hydrogens is 1770 g/mol. The number of ketones is 4. The quantitative estimate of drug-likeness (QED) is 0.0103. The highest BCUT2D eigenvalue weighted by Crippen LogP contribution is 2.37. The molecule has 2 fully saturated rings. The molecule has 0 bridgehead atoms. The highest BCUT2D eigenvalue weighted by Gasteiger charge is 2.42. The topological polar surface area (TPSA) is 460 Å². The number of thiazole rings is 2. The molecule has 0 aliphatic carbocycles. The number of rotatable bonds is 65. The molecule has 37 heteroatoms. The van der Waals surface area contributed by atoms with Crippen LogP contribution in [-0.4, -0.2) is 268 Å². The Bertz CT molecular complexity index is 4300. The summed E-state index contributed by atoms with van der Waals surface area (Å²) in [7, 11) is 4.01. The molecule has 14 atom stereocenters. The summed E-state index contributed by atoms with van der Waals surface area (Å²) in [5.74, 6) is -2.70. The van der Waals surface area contributed by atoms with Crippen molar-refractivity contribution in [1.29, 1.82) is 0 Å². The van der Waals surface area contributed by atoms with E-state index in [1.54, 1.807) is 73.1 Å². The van der Waals surface area contributed by atoms with Gasteiger partial charge in [-0.05, 0) is 174 Å². The van der Waals surface area contributed by atoms with Gasteiger partial charge in [0.05, 0.1) is 64.8 Å². The first-order valence-corrected chi connectivity index (χ1v) is 50.5. The summed E-state index contributed by atoms with van der Waals surface area (Å²) in [6.07, 6.45) is 10.4. The molecule has 0 unspecified atom stereocenters. The number of likely N-dealkylation sites (N-methyl/N-ethyl adjacent to an activating group) is 2. The molecule has 0 saturated carbocycles. The Balaban J connectivity index is 0.000000478. The molecule has 2 saturated heterocycles. The lowest BCUT2D eigenvalue weighted by Crippen LogP contribution is -2.50. The summed E-state index contributed by atoms with van der Waals surface area (Å²) in [6.45, 7) is 33.1. The van der Waals surface area contributed by atoms with E-state index in [0.717, 1.165) is 101 Å². The van der Waals surface area contributed by atoms with Crippen molar-refractivity contribution < 1.29 is 91.3 Å². The molecule has 2 aromatic heterocycles. The van der Waals surface area contributed by atoms with E-state index in [0.29, 0.717) is 62.0 Å². The lowest BCUT2D eigenvalue weighted by atomic mass is 9.82. The Labute approximate surface area is 807 Å². The third kappa shape index (κ3) is 41.9. The second-order valence-corrected chi connectivity index (χ2v) is 38.1. The number of phenolic OH excluding ortho intramolecular Hbond substituents is 2. The van der Waals surface area contributed by atoms with E-state index >= 15 is 0 Å². The number of aromatic hydroxyl groups is 2. The van der Waals surface area contributed by atoms with Gasteiger partial charge in [0, 0.05) is 133 Å². The van der Waals surface area contributed by atoms with Gasteiger partial charge in [0.2, 0.25) is 11.8 Å². The highest BCUT2D eigenvalue weighted by molar-refractivity contribution is 7.10. The van der Waals surface area contributed by atoms with E-state index in [4.69, 9.17) is 54.2 Å². The van der Waals surface area contributed by atoms with Crippen molar-refractivity contribution in [2.24, 2.45) is 57.6 Å². The Morgan fingerprint density at radius 3 is 1.19 bits per heavy atom. The minimum Gasteiger partial charge on any atom is -0.508 e. The number of amides is 6. The van der Waals surface area contributed by atoms with Gasteiger partial charge in [-0.15, -0.1) is 22.7 Å². The van der Waals surface area contributed by atoms with Crippen molar-refractivity contribution in [1.82, 2.24) is 50.8 Å². The number of hydrogen-bond donors (Lipinski definition) is 6. The number of ether oxygens (including phenoxy) is 7. The molecule has 4 heterocycles. The van der Waals surface area contributed by atoms with Gasteiger partial charge < -0.3 is 74.4 Å². The molecule has 135 heavy (non-hydrogen) atoms. The minimum absolute atomic E-state index is 0.00882. The van der Waals surface area contributed by atoms with Crippen LogP contribution in [0.4, 0.5) is 9.59 Å². The first kappa shape index (κ1) is 116. The lowest BCUT2D eigenvalue weighted by molar-refractivity contribution is -0.145. The molecule has 2 aliphatic rings. The number of carbonyl (C=O) groups is 10. The molecule has 0 radical (unpaired) electrons. The first-order chi connectivity index (χ1) is 64.8. The molecule has 6 N–H and O–H groups in total. The molecule has 2 aromatic carbocycles. The minimum atomic E-state index is -0.780. The number of nitrogens with one attached hydrogen (secondary N) is 4. The van der Waals surface area contributed by atoms with Gasteiger partial charge in [-0.1, -0.05) is 157 Å². The number of azide groups is 2. The van der Waals surface area contributed by atoms with Crippen molar-refractivity contribution >= 4 is 81.6 Å². The smallest absolute Gasteiger partial charge is 0.407 e. The molecule has 2 aliphatic heterocycles. The van der Waals surface area contributed by atoms with Crippen LogP contribution in [0.1, 0.15) is 267 Å². The predicted octanol–water partition coefficient (Wildman–Crippen LogP) is 16.1. The van der Waals surface area contributed by atoms with Gasteiger partial charge >= 0.3 is 12.2 Å². The summed E-state index contributed by atoms with van der Waals surface area (Å²) < 4.78 is 39.0. The van der Waals surface area contributed by atoms with Crippen molar-refractivity contribution in [2.45, 2.75) is 274 Å². The first-order valence-electron chi connectivity index (χ1n) is 48.8. The fourth-order valence-corrected chi connectivity index (χ4v) is 18.6. The van der Waals surface area contributed by atoms with Gasteiger partial charge in [-0.2, -0.15) is 0 Å². The second kappa shape index (κ2) is 64.8. The Morgan fingerprint density at radius 2 is 0.859 bits per heavy atom. The zero-order valence-electron chi connectivity index (χ0n) is 82.9. The van der Waals surface area contributed by atoms with Crippen LogP contribution in [0.25, 0.3) is 20.9 Å². The van der Waals surface area contributed by atoms with Crippen molar-refractivity contribution in [2.75, 3.05) is 133 Å². The summed E-state index contributed by atoms with van der Waals surface area (Å²) in [5, 5.41) is 42.3. The van der Waals surface area contributed by atoms with Crippen LogP contribution in [0.3, 0.4) is 0 Å².